The molecule has 23 heavy (non-hydrogen) atoms. The Morgan fingerprint density at radius 1 is 1.43 bits per heavy atom. The molecule has 1 saturated heterocycles. The summed E-state index contributed by atoms with van der Waals surface area (Å²) in [5.74, 6) is 3.08. The van der Waals surface area contributed by atoms with Gasteiger partial charge in [-0.1, -0.05) is 25.1 Å². The Morgan fingerprint density at radius 3 is 2.83 bits per heavy atom. The van der Waals surface area contributed by atoms with E-state index in [0.29, 0.717) is 11.7 Å². The number of amides is 1. The molecule has 0 bridgehead atoms. The second-order valence-corrected chi connectivity index (χ2v) is 7.07. The Bertz CT molecular complexity index is 517. The topological polar surface area (TPSA) is 84.1 Å². The average Bonchev–Trinajstić information content (AvgIpc) is 2.53. The highest BCUT2D eigenvalue weighted by Crippen LogP contribution is 2.25. The average molecular weight is 337 g/mol. The molecule has 1 fully saturated rings. The van der Waals surface area contributed by atoms with Crippen molar-refractivity contribution in [2.45, 2.75) is 44.7 Å². The monoisotopic (exact) mass is 337 g/mol. The number of nitrogens with zero attached hydrogens (tertiary/aromatic N) is 3. The highest BCUT2D eigenvalue weighted by atomic mass is 32.2. The molecule has 1 aliphatic rings. The number of rotatable bonds is 7. The Labute approximate surface area is 142 Å². The van der Waals surface area contributed by atoms with Gasteiger partial charge in [-0.25, -0.2) is 9.97 Å². The van der Waals surface area contributed by atoms with Crippen LogP contribution in [0.4, 0.5) is 11.6 Å². The minimum Gasteiger partial charge on any atom is -0.383 e. The van der Waals surface area contributed by atoms with Gasteiger partial charge in [0.05, 0.1) is 0 Å². The van der Waals surface area contributed by atoms with Gasteiger partial charge in [-0.15, -0.1) is 0 Å². The van der Waals surface area contributed by atoms with Gasteiger partial charge >= 0.3 is 0 Å². The van der Waals surface area contributed by atoms with E-state index in [1.165, 1.54) is 6.42 Å². The number of nitrogens with two attached hydrogens (primary N) is 1. The maximum absolute atomic E-state index is 11.0. The number of piperidine rings is 1. The molecule has 6 nitrogen and oxygen atoms in total. The van der Waals surface area contributed by atoms with Crippen LogP contribution in [-0.4, -0.2) is 41.3 Å². The second kappa shape index (κ2) is 8.96. The summed E-state index contributed by atoms with van der Waals surface area (Å²) in [6.45, 7) is 6.40. The fourth-order valence-electron chi connectivity index (χ4n) is 2.62. The quantitative estimate of drug-likeness (QED) is 0.451. The number of anilines is 2. The van der Waals surface area contributed by atoms with Crippen molar-refractivity contribution < 1.29 is 4.79 Å². The minimum atomic E-state index is 0.0461. The zero-order valence-electron chi connectivity index (χ0n) is 14.0. The molecule has 1 aromatic heterocycles. The lowest BCUT2D eigenvalue weighted by atomic mass is 9.97. The molecule has 128 valence electrons. The Morgan fingerprint density at radius 2 is 2.17 bits per heavy atom. The van der Waals surface area contributed by atoms with Crippen molar-refractivity contribution in [2.24, 2.45) is 5.92 Å². The first-order valence-corrected chi connectivity index (χ1v) is 9.33. The number of hydrogen-bond donors (Lipinski definition) is 2. The fourth-order valence-corrected chi connectivity index (χ4v) is 3.56. The number of nitrogen functional groups attached to an aromatic ring is 1. The normalized spacial score (nSPS) is 15.7. The number of carbonyl (C=O) groups is 1. The van der Waals surface area contributed by atoms with Crippen molar-refractivity contribution in [1.82, 2.24) is 15.3 Å². The Balaban J connectivity index is 1.90. The molecule has 1 amide bonds. The van der Waals surface area contributed by atoms with Gasteiger partial charge in [0.1, 0.15) is 11.6 Å². The lowest BCUT2D eigenvalue weighted by Crippen LogP contribution is -2.38. The van der Waals surface area contributed by atoms with Gasteiger partial charge in [0.2, 0.25) is 5.91 Å². The summed E-state index contributed by atoms with van der Waals surface area (Å²) in [7, 11) is 0. The molecular formula is C16H27N5OS. The van der Waals surface area contributed by atoms with Crippen molar-refractivity contribution in [3.8, 4) is 0 Å². The standard InChI is InChI=1S/C16H27N5OS/c1-3-4-9-23-16-19-14(17)10-15(20-16)21-7-5-13(6-8-21)11-18-12(2)22/h10,13H,3-9,11H2,1-2H3,(H,18,22)(H2,17,19,20). The summed E-state index contributed by atoms with van der Waals surface area (Å²) < 4.78 is 0. The molecule has 0 saturated carbocycles. The number of nitrogens with one attached hydrogen (secondary N) is 1. The number of aromatic nitrogens is 2. The summed E-state index contributed by atoms with van der Waals surface area (Å²) in [5, 5.41) is 3.68. The lowest BCUT2D eigenvalue weighted by molar-refractivity contribution is -0.119. The van der Waals surface area contributed by atoms with E-state index in [9.17, 15) is 4.79 Å². The Kier molecular flexibility index (Phi) is 6.95. The van der Waals surface area contributed by atoms with Crippen molar-refractivity contribution in [3.05, 3.63) is 6.07 Å². The molecule has 0 unspecified atom stereocenters. The number of unbranched alkanes of at least 4 members (excludes halogenated alkanes) is 1. The van der Waals surface area contributed by atoms with Crippen LogP contribution in [0.1, 0.15) is 39.5 Å². The maximum atomic E-state index is 11.0. The van der Waals surface area contributed by atoms with Crippen LogP contribution >= 0.6 is 11.8 Å². The molecule has 3 N–H and O–H groups in total. The molecule has 0 aliphatic carbocycles. The van der Waals surface area contributed by atoms with Crippen molar-refractivity contribution in [2.75, 3.05) is 36.0 Å². The Hall–Kier alpha value is -1.50. The highest BCUT2D eigenvalue weighted by Gasteiger charge is 2.21. The molecular weight excluding hydrogens is 310 g/mol. The van der Waals surface area contributed by atoms with E-state index in [-0.39, 0.29) is 5.91 Å². The summed E-state index contributed by atoms with van der Waals surface area (Å²) in [4.78, 5) is 22.2. The predicted octanol–water partition coefficient (Wildman–Crippen LogP) is 2.30. The first kappa shape index (κ1) is 17.8. The zero-order chi connectivity index (χ0) is 16.7. The van der Waals surface area contributed by atoms with E-state index in [2.05, 4.69) is 27.1 Å². The van der Waals surface area contributed by atoms with Gasteiger partial charge in [-0.2, -0.15) is 0 Å². The van der Waals surface area contributed by atoms with E-state index in [1.807, 2.05) is 6.07 Å². The van der Waals surface area contributed by atoms with Crippen molar-refractivity contribution >= 4 is 29.3 Å². The van der Waals surface area contributed by atoms with Crippen LogP contribution in [0.3, 0.4) is 0 Å². The van der Waals surface area contributed by atoms with E-state index in [1.54, 1.807) is 18.7 Å². The predicted molar refractivity (Wildman–Crippen MR) is 95.7 cm³/mol. The molecule has 0 spiro atoms. The van der Waals surface area contributed by atoms with Gasteiger partial charge < -0.3 is 16.0 Å². The summed E-state index contributed by atoms with van der Waals surface area (Å²) in [6.07, 6.45) is 4.45. The third-order valence-corrected chi connectivity index (χ3v) is 4.95. The van der Waals surface area contributed by atoms with Crippen LogP contribution in [0.5, 0.6) is 0 Å². The molecule has 7 heteroatoms. The molecule has 2 rings (SSSR count). The van der Waals surface area contributed by atoms with Crippen LogP contribution in [0.25, 0.3) is 0 Å². The molecule has 0 aromatic carbocycles. The maximum Gasteiger partial charge on any atom is 0.216 e. The second-order valence-electron chi connectivity index (χ2n) is 6.00. The van der Waals surface area contributed by atoms with Crippen LogP contribution in [0.15, 0.2) is 11.2 Å². The molecule has 0 atom stereocenters. The van der Waals surface area contributed by atoms with E-state index >= 15 is 0 Å². The van der Waals surface area contributed by atoms with Crippen LogP contribution in [0.2, 0.25) is 0 Å². The van der Waals surface area contributed by atoms with Gasteiger partial charge in [-0.3, -0.25) is 4.79 Å². The SMILES string of the molecule is CCCCSc1nc(N)cc(N2CCC(CNC(C)=O)CC2)n1. The molecule has 1 aromatic rings. The molecule has 0 radical (unpaired) electrons. The lowest BCUT2D eigenvalue weighted by Gasteiger charge is -2.33. The van der Waals surface area contributed by atoms with Crippen molar-refractivity contribution in [3.63, 3.8) is 0 Å². The largest absolute Gasteiger partial charge is 0.383 e. The van der Waals surface area contributed by atoms with E-state index in [4.69, 9.17) is 5.73 Å². The smallest absolute Gasteiger partial charge is 0.216 e. The van der Waals surface area contributed by atoms with E-state index < -0.39 is 0 Å². The van der Waals surface area contributed by atoms with Crippen LogP contribution in [0, 0.1) is 5.92 Å². The van der Waals surface area contributed by atoms with E-state index in [0.717, 1.165) is 55.6 Å². The third-order valence-electron chi connectivity index (χ3n) is 4.02. The van der Waals surface area contributed by atoms with Gasteiger partial charge in [0, 0.05) is 38.4 Å². The number of thioether (sulfide) groups is 1. The first-order valence-electron chi connectivity index (χ1n) is 8.35. The summed E-state index contributed by atoms with van der Waals surface area (Å²) >= 11 is 1.67. The fraction of sp³-hybridized carbons (Fsp3) is 0.688. The minimum absolute atomic E-state index is 0.0461. The van der Waals surface area contributed by atoms with Crippen LogP contribution < -0.4 is 16.0 Å². The summed E-state index contributed by atoms with van der Waals surface area (Å²) in [6, 6.07) is 1.86. The highest BCUT2D eigenvalue weighted by molar-refractivity contribution is 7.99. The first-order chi connectivity index (χ1) is 11.1. The third kappa shape index (κ3) is 5.89. The molecule has 2 heterocycles. The number of carbonyl (C=O) groups excluding carboxylic acids is 1. The zero-order valence-corrected chi connectivity index (χ0v) is 14.9. The van der Waals surface area contributed by atoms with Gasteiger partial charge in [0.15, 0.2) is 5.16 Å². The van der Waals surface area contributed by atoms with Gasteiger partial charge in [0.25, 0.3) is 0 Å². The molecule has 1 aliphatic heterocycles. The van der Waals surface area contributed by atoms with Gasteiger partial charge in [-0.05, 0) is 25.2 Å². The summed E-state index contributed by atoms with van der Waals surface area (Å²) in [5.41, 5.74) is 5.94. The van der Waals surface area contributed by atoms with Crippen LogP contribution in [-0.2, 0) is 4.79 Å². The van der Waals surface area contributed by atoms with Crippen molar-refractivity contribution in [1.29, 1.82) is 0 Å². The number of hydrogen-bond acceptors (Lipinski definition) is 6.